The largest absolute Gasteiger partial charge is 0.375 e. The Morgan fingerprint density at radius 2 is 2.00 bits per heavy atom. The van der Waals surface area contributed by atoms with Crippen LogP contribution in [0.1, 0.15) is 24.5 Å². The van der Waals surface area contributed by atoms with Crippen LogP contribution in [0.15, 0.2) is 48.7 Å². The molecule has 5 nitrogen and oxygen atoms in total. The third kappa shape index (κ3) is 4.74. The SMILES string of the molecule is COC(CNC(=O)C1CCN(c2ccc(Cl)cn2)CC1)c1ccccc1. The summed E-state index contributed by atoms with van der Waals surface area (Å²) in [6, 6.07) is 13.7. The van der Waals surface area contributed by atoms with Gasteiger partial charge in [-0.1, -0.05) is 41.9 Å². The number of aromatic nitrogens is 1. The Labute approximate surface area is 159 Å². The third-order valence-electron chi connectivity index (χ3n) is 4.82. The van der Waals surface area contributed by atoms with Gasteiger partial charge in [-0.25, -0.2) is 4.98 Å². The van der Waals surface area contributed by atoms with Gasteiger partial charge in [-0.2, -0.15) is 0 Å². The molecule has 1 N–H and O–H groups in total. The molecule has 2 heterocycles. The number of carbonyl (C=O) groups is 1. The Kier molecular flexibility index (Phi) is 6.47. The zero-order valence-corrected chi connectivity index (χ0v) is 15.7. The van der Waals surface area contributed by atoms with Crippen molar-refractivity contribution in [1.82, 2.24) is 10.3 Å². The number of carbonyl (C=O) groups excluding carboxylic acids is 1. The summed E-state index contributed by atoms with van der Waals surface area (Å²) in [7, 11) is 1.67. The van der Waals surface area contributed by atoms with Gasteiger partial charge in [-0.15, -0.1) is 0 Å². The van der Waals surface area contributed by atoms with Crippen LogP contribution < -0.4 is 10.2 Å². The highest BCUT2D eigenvalue weighted by molar-refractivity contribution is 6.30. The van der Waals surface area contributed by atoms with Crippen molar-refractivity contribution in [2.45, 2.75) is 18.9 Å². The number of amides is 1. The van der Waals surface area contributed by atoms with Crippen LogP contribution in [0.4, 0.5) is 5.82 Å². The molecule has 2 aromatic rings. The van der Waals surface area contributed by atoms with Crippen LogP contribution in [0.2, 0.25) is 5.02 Å². The lowest BCUT2D eigenvalue weighted by Gasteiger charge is -2.32. The molecule has 1 aliphatic rings. The van der Waals surface area contributed by atoms with Crippen LogP contribution in [0.25, 0.3) is 0 Å². The number of nitrogens with one attached hydrogen (secondary N) is 1. The van der Waals surface area contributed by atoms with E-state index in [0.717, 1.165) is 37.3 Å². The molecule has 1 fully saturated rings. The monoisotopic (exact) mass is 373 g/mol. The highest BCUT2D eigenvalue weighted by Crippen LogP contribution is 2.23. The number of hydrogen-bond acceptors (Lipinski definition) is 4. The van der Waals surface area contributed by atoms with Gasteiger partial charge in [0.2, 0.25) is 5.91 Å². The number of anilines is 1. The first-order valence-corrected chi connectivity index (χ1v) is 9.27. The van der Waals surface area contributed by atoms with E-state index in [4.69, 9.17) is 16.3 Å². The topological polar surface area (TPSA) is 54.5 Å². The van der Waals surface area contributed by atoms with Crippen molar-refractivity contribution >= 4 is 23.3 Å². The molecule has 0 radical (unpaired) electrons. The van der Waals surface area contributed by atoms with Crippen molar-refractivity contribution in [3.05, 3.63) is 59.2 Å². The maximum atomic E-state index is 12.5. The quantitative estimate of drug-likeness (QED) is 0.842. The molecule has 0 saturated carbocycles. The number of ether oxygens (including phenoxy) is 1. The molecule has 0 aliphatic carbocycles. The maximum Gasteiger partial charge on any atom is 0.223 e. The fourth-order valence-corrected chi connectivity index (χ4v) is 3.38. The van der Waals surface area contributed by atoms with Gasteiger partial charge in [-0.05, 0) is 30.5 Å². The van der Waals surface area contributed by atoms with Crippen molar-refractivity contribution in [1.29, 1.82) is 0 Å². The number of methoxy groups -OCH3 is 1. The van der Waals surface area contributed by atoms with Crippen molar-refractivity contribution < 1.29 is 9.53 Å². The Balaban J connectivity index is 1.48. The van der Waals surface area contributed by atoms with E-state index >= 15 is 0 Å². The predicted molar refractivity (Wildman–Crippen MR) is 103 cm³/mol. The van der Waals surface area contributed by atoms with E-state index in [1.54, 1.807) is 13.3 Å². The summed E-state index contributed by atoms with van der Waals surface area (Å²) in [5, 5.41) is 3.68. The van der Waals surface area contributed by atoms with E-state index < -0.39 is 0 Å². The molecule has 0 spiro atoms. The summed E-state index contributed by atoms with van der Waals surface area (Å²) in [5.74, 6) is 1.05. The molecule has 1 atom stereocenters. The minimum Gasteiger partial charge on any atom is -0.375 e. The number of nitrogens with zero attached hydrogens (tertiary/aromatic N) is 2. The zero-order valence-electron chi connectivity index (χ0n) is 14.9. The molecule has 6 heteroatoms. The van der Waals surface area contributed by atoms with Crippen LogP contribution in [-0.4, -0.2) is 37.6 Å². The lowest BCUT2D eigenvalue weighted by atomic mass is 9.95. The van der Waals surface area contributed by atoms with Crippen molar-refractivity contribution in [3.8, 4) is 0 Å². The van der Waals surface area contributed by atoms with Crippen LogP contribution in [0, 0.1) is 5.92 Å². The molecule has 1 aliphatic heterocycles. The number of hydrogen-bond donors (Lipinski definition) is 1. The van der Waals surface area contributed by atoms with E-state index in [-0.39, 0.29) is 17.9 Å². The molecule has 26 heavy (non-hydrogen) atoms. The smallest absolute Gasteiger partial charge is 0.223 e. The second kappa shape index (κ2) is 9.01. The summed E-state index contributed by atoms with van der Waals surface area (Å²) in [4.78, 5) is 19.1. The van der Waals surface area contributed by atoms with Gasteiger partial charge in [0.05, 0.1) is 11.1 Å². The van der Waals surface area contributed by atoms with E-state index in [2.05, 4.69) is 15.2 Å². The summed E-state index contributed by atoms with van der Waals surface area (Å²) in [6.07, 6.45) is 3.17. The molecule has 1 saturated heterocycles. The minimum atomic E-state index is -0.126. The minimum absolute atomic E-state index is 0.0341. The number of benzene rings is 1. The highest BCUT2D eigenvalue weighted by atomic mass is 35.5. The Morgan fingerprint density at radius 3 is 2.62 bits per heavy atom. The fourth-order valence-electron chi connectivity index (χ4n) is 3.27. The number of halogens is 1. The number of piperidine rings is 1. The standard InChI is InChI=1S/C20H24ClN3O2/c1-26-18(15-5-3-2-4-6-15)14-23-20(25)16-9-11-24(12-10-16)19-8-7-17(21)13-22-19/h2-8,13,16,18H,9-12,14H2,1H3,(H,23,25). The van der Waals surface area contributed by atoms with Gasteiger partial charge in [-0.3, -0.25) is 4.79 Å². The molecule has 1 unspecified atom stereocenters. The Hall–Kier alpha value is -2.11. The van der Waals surface area contributed by atoms with E-state index in [0.29, 0.717) is 11.6 Å². The van der Waals surface area contributed by atoms with Gasteiger partial charge in [0.25, 0.3) is 0 Å². The normalized spacial score (nSPS) is 16.3. The van der Waals surface area contributed by atoms with E-state index in [9.17, 15) is 4.79 Å². The first-order valence-electron chi connectivity index (χ1n) is 8.89. The van der Waals surface area contributed by atoms with Gasteiger partial charge >= 0.3 is 0 Å². The molecule has 1 aromatic carbocycles. The summed E-state index contributed by atoms with van der Waals surface area (Å²) in [6.45, 7) is 2.12. The predicted octanol–water partition coefficient (Wildman–Crippen LogP) is 3.46. The Morgan fingerprint density at radius 1 is 1.27 bits per heavy atom. The first kappa shape index (κ1) is 18.7. The van der Waals surface area contributed by atoms with Crippen LogP contribution in [-0.2, 0) is 9.53 Å². The average molecular weight is 374 g/mol. The fraction of sp³-hybridized carbons (Fsp3) is 0.400. The van der Waals surface area contributed by atoms with Crippen molar-refractivity contribution in [3.63, 3.8) is 0 Å². The summed E-state index contributed by atoms with van der Waals surface area (Å²) >= 11 is 5.89. The van der Waals surface area contributed by atoms with Gasteiger partial charge < -0.3 is 15.0 Å². The van der Waals surface area contributed by atoms with Gasteiger partial charge in [0.1, 0.15) is 5.82 Å². The summed E-state index contributed by atoms with van der Waals surface area (Å²) < 4.78 is 5.52. The molecule has 0 bridgehead atoms. The van der Waals surface area contributed by atoms with Crippen LogP contribution in [0.5, 0.6) is 0 Å². The molecular weight excluding hydrogens is 350 g/mol. The lowest BCUT2D eigenvalue weighted by Crippen LogP contribution is -2.41. The lowest BCUT2D eigenvalue weighted by molar-refractivity contribution is -0.126. The first-order chi connectivity index (χ1) is 12.7. The van der Waals surface area contributed by atoms with Crippen molar-refractivity contribution in [2.24, 2.45) is 5.92 Å². The Bertz CT molecular complexity index is 701. The average Bonchev–Trinajstić information content (AvgIpc) is 2.70. The molecule has 1 amide bonds. The number of pyridine rings is 1. The molecule has 138 valence electrons. The van der Waals surface area contributed by atoms with E-state index in [1.165, 1.54) is 0 Å². The zero-order chi connectivity index (χ0) is 18.4. The van der Waals surface area contributed by atoms with Crippen molar-refractivity contribution in [2.75, 3.05) is 31.6 Å². The van der Waals surface area contributed by atoms with Crippen LogP contribution >= 0.6 is 11.6 Å². The summed E-state index contributed by atoms with van der Waals surface area (Å²) in [5.41, 5.74) is 1.07. The van der Waals surface area contributed by atoms with Gasteiger partial charge in [0.15, 0.2) is 0 Å². The molecule has 1 aromatic heterocycles. The van der Waals surface area contributed by atoms with Gasteiger partial charge in [0, 0.05) is 38.9 Å². The second-order valence-electron chi connectivity index (χ2n) is 6.48. The van der Waals surface area contributed by atoms with Crippen LogP contribution in [0.3, 0.4) is 0 Å². The number of rotatable bonds is 6. The van der Waals surface area contributed by atoms with E-state index in [1.807, 2.05) is 42.5 Å². The molecule has 3 rings (SSSR count). The molecular formula is C20H24ClN3O2. The second-order valence-corrected chi connectivity index (χ2v) is 6.91. The third-order valence-corrected chi connectivity index (χ3v) is 5.04. The highest BCUT2D eigenvalue weighted by Gasteiger charge is 2.26. The maximum absolute atomic E-state index is 12.5.